The molecule has 0 amide bonds. The van der Waals surface area contributed by atoms with Crippen LogP contribution in [0.4, 0.5) is 5.69 Å². The lowest BCUT2D eigenvalue weighted by atomic mass is 10.1. The predicted octanol–water partition coefficient (Wildman–Crippen LogP) is 3.25. The minimum absolute atomic E-state index is 0.0779. The molecule has 0 saturated carbocycles. The Morgan fingerprint density at radius 3 is 2.33 bits per heavy atom. The zero-order chi connectivity index (χ0) is 21.8. The molecule has 9 heteroatoms. The average Bonchev–Trinajstić information content (AvgIpc) is 2.77. The first-order valence-electron chi connectivity index (χ1n) is 9.52. The number of nitro benzene ring substituents is 1. The minimum Gasteiger partial charge on any atom is -0.493 e. The van der Waals surface area contributed by atoms with Gasteiger partial charge in [0.25, 0.3) is 5.69 Å². The molecule has 0 fully saturated rings. The molecule has 0 radical (unpaired) electrons. The van der Waals surface area contributed by atoms with Gasteiger partial charge >= 0.3 is 0 Å². The van der Waals surface area contributed by atoms with Crippen molar-refractivity contribution in [3.8, 4) is 11.5 Å². The number of ether oxygens (including phenoxy) is 2. The first-order chi connectivity index (χ1) is 14.6. The topological polar surface area (TPSA) is 98.0 Å². The van der Waals surface area contributed by atoms with E-state index in [1.54, 1.807) is 38.1 Å². The second-order valence-corrected chi connectivity index (χ2v) is 7.36. The van der Waals surface area contributed by atoms with Crippen molar-refractivity contribution in [1.82, 2.24) is 10.6 Å². The lowest BCUT2D eigenvalue weighted by Gasteiger charge is -2.13. The first-order valence-corrected chi connectivity index (χ1v) is 10.9. The molecule has 162 valence electrons. The Morgan fingerprint density at radius 2 is 1.70 bits per heavy atom. The van der Waals surface area contributed by atoms with E-state index in [1.165, 1.54) is 12.1 Å². The fourth-order valence-electron chi connectivity index (χ4n) is 2.70. The van der Waals surface area contributed by atoms with Crippen LogP contribution in [0.2, 0.25) is 0 Å². The summed E-state index contributed by atoms with van der Waals surface area (Å²) in [7, 11) is 3.24. The highest BCUT2D eigenvalue weighted by Gasteiger charge is 2.06. The van der Waals surface area contributed by atoms with Gasteiger partial charge in [0.15, 0.2) is 17.5 Å². The van der Waals surface area contributed by atoms with Gasteiger partial charge in [-0.2, -0.15) is 11.8 Å². The van der Waals surface area contributed by atoms with Crippen molar-refractivity contribution in [3.63, 3.8) is 0 Å². The number of thioether (sulfide) groups is 1. The Labute approximate surface area is 181 Å². The van der Waals surface area contributed by atoms with Crippen LogP contribution in [-0.4, -0.2) is 50.2 Å². The van der Waals surface area contributed by atoms with Crippen LogP contribution in [0.15, 0.2) is 47.5 Å². The van der Waals surface area contributed by atoms with Gasteiger partial charge < -0.3 is 20.1 Å². The summed E-state index contributed by atoms with van der Waals surface area (Å²) in [6, 6.07) is 12.3. The molecule has 0 spiro atoms. The quantitative estimate of drug-likeness (QED) is 0.185. The van der Waals surface area contributed by atoms with Gasteiger partial charge in [0.2, 0.25) is 0 Å². The van der Waals surface area contributed by atoms with E-state index < -0.39 is 4.92 Å². The number of hydrogen-bond donors (Lipinski definition) is 2. The van der Waals surface area contributed by atoms with Crippen molar-refractivity contribution in [1.29, 1.82) is 0 Å². The lowest BCUT2D eigenvalue weighted by molar-refractivity contribution is -0.384. The predicted molar refractivity (Wildman–Crippen MR) is 122 cm³/mol. The van der Waals surface area contributed by atoms with Crippen molar-refractivity contribution in [2.45, 2.75) is 13.0 Å². The lowest BCUT2D eigenvalue weighted by Crippen LogP contribution is -2.39. The van der Waals surface area contributed by atoms with Crippen molar-refractivity contribution in [2.75, 3.05) is 39.3 Å². The van der Waals surface area contributed by atoms with Gasteiger partial charge in [-0.05, 0) is 35.9 Å². The zero-order valence-corrected chi connectivity index (χ0v) is 18.3. The van der Waals surface area contributed by atoms with Gasteiger partial charge in [0, 0.05) is 31.0 Å². The summed E-state index contributed by atoms with van der Waals surface area (Å²) in [6.45, 7) is 1.92. The Morgan fingerprint density at radius 1 is 1.03 bits per heavy atom. The second-order valence-electron chi connectivity index (χ2n) is 6.37. The van der Waals surface area contributed by atoms with E-state index in [9.17, 15) is 10.1 Å². The smallest absolute Gasteiger partial charge is 0.269 e. The number of methoxy groups -OCH3 is 2. The molecule has 0 aliphatic carbocycles. The standard InChI is InChI=1S/C21H28N4O4S/c1-28-19-9-6-16(14-20(19)29-2)10-11-22-21(23-12-13-30-3)24-15-17-4-7-18(8-5-17)25(26)27/h4-9,14H,10-13,15H2,1-3H3,(H2,22,23,24). The van der Waals surface area contributed by atoms with Gasteiger partial charge in [-0.1, -0.05) is 18.2 Å². The Hall–Kier alpha value is -2.94. The summed E-state index contributed by atoms with van der Waals surface area (Å²) >= 11 is 1.76. The molecular weight excluding hydrogens is 404 g/mol. The zero-order valence-electron chi connectivity index (χ0n) is 17.5. The molecule has 0 atom stereocenters. The molecule has 30 heavy (non-hydrogen) atoms. The summed E-state index contributed by atoms with van der Waals surface area (Å²) in [6.07, 6.45) is 2.85. The SMILES string of the molecule is COc1ccc(CCNC(=NCc2ccc([N+](=O)[O-])cc2)NCCSC)cc1OC. The number of non-ortho nitro benzene ring substituents is 1. The molecule has 0 unspecified atom stereocenters. The maximum Gasteiger partial charge on any atom is 0.269 e. The summed E-state index contributed by atoms with van der Waals surface area (Å²) in [5, 5.41) is 17.4. The molecule has 8 nitrogen and oxygen atoms in total. The fraction of sp³-hybridized carbons (Fsp3) is 0.381. The van der Waals surface area contributed by atoms with E-state index >= 15 is 0 Å². The van der Waals surface area contributed by atoms with Crippen LogP contribution in [0.25, 0.3) is 0 Å². The molecular formula is C21H28N4O4S. The summed E-state index contributed by atoms with van der Waals surface area (Å²) in [5.74, 6) is 3.09. The molecule has 2 rings (SSSR count). The van der Waals surface area contributed by atoms with Crippen molar-refractivity contribution in [2.24, 2.45) is 4.99 Å². The Bertz CT molecular complexity index is 843. The summed E-state index contributed by atoms with van der Waals surface area (Å²) < 4.78 is 10.6. The summed E-state index contributed by atoms with van der Waals surface area (Å²) in [5.41, 5.74) is 2.11. The third-order valence-corrected chi connectivity index (χ3v) is 4.93. The van der Waals surface area contributed by atoms with E-state index in [0.717, 1.165) is 29.8 Å². The number of hydrogen-bond acceptors (Lipinski definition) is 6. The highest BCUT2D eigenvalue weighted by molar-refractivity contribution is 7.98. The van der Waals surface area contributed by atoms with Crippen LogP contribution in [-0.2, 0) is 13.0 Å². The molecule has 2 N–H and O–H groups in total. The third-order valence-electron chi connectivity index (χ3n) is 4.32. The van der Waals surface area contributed by atoms with Crippen LogP contribution in [0, 0.1) is 10.1 Å². The van der Waals surface area contributed by atoms with Gasteiger partial charge in [-0.15, -0.1) is 0 Å². The van der Waals surface area contributed by atoms with Crippen molar-refractivity contribution >= 4 is 23.4 Å². The molecule has 0 heterocycles. The molecule has 0 aromatic heterocycles. The number of nitro groups is 1. The molecule has 0 aliphatic heterocycles. The van der Waals surface area contributed by atoms with Crippen LogP contribution in [0.5, 0.6) is 11.5 Å². The number of guanidine groups is 1. The average molecular weight is 433 g/mol. The van der Waals surface area contributed by atoms with Gasteiger partial charge in [-0.3, -0.25) is 10.1 Å². The maximum atomic E-state index is 10.8. The molecule has 0 saturated heterocycles. The van der Waals surface area contributed by atoms with Gasteiger partial charge in [0.1, 0.15) is 0 Å². The Kier molecular flexibility index (Phi) is 9.79. The van der Waals surface area contributed by atoms with E-state index in [2.05, 4.69) is 21.9 Å². The second kappa shape index (κ2) is 12.6. The van der Waals surface area contributed by atoms with Crippen LogP contribution < -0.4 is 20.1 Å². The molecule has 2 aromatic rings. The van der Waals surface area contributed by atoms with Crippen LogP contribution >= 0.6 is 11.8 Å². The highest BCUT2D eigenvalue weighted by Crippen LogP contribution is 2.27. The van der Waals surface area contributed by atoms with E-state index in [-0.39, 0.29) is 5.69 Å². The monoisotopic (exact) mass is 432 g/mol. The highest BCUT2D eigenvalue weighted by atomic mass is 32.2. The van der Waals surface area contributed by atoms with Crippen LogP contribution in [0.3, 0.4) is 0 Å². The van der Waals surface area contributed by atoms with E-state index in [0.29, 0.717) is 30.5 Å². The normalized spacial score (nSPS) is 11.1. The number of rotatable bonds is 11. The first kappa shape index (κ1) is 23.3. The van der Waals surface area contributed by atoms with Crippen LogP contribution in [0.1, 0.15) is 11.1 Å². The van der Waals surface area contributed by atoms with Crippen molar-refractivity contribution < 1.29 is 14.4 Å². The molecule has 0 bridgehead atoms. The van der Waals surface area contributed by atoms with Gasteiger partial charge in [-0.25, -0.2) is 4.99 Å². The third kappa shape index (κ3) is 7.47. The summed E-state index contributed by atoms with van der Waals surface area (Å²) in [4.78, 5) is 15.0. The Balaban J connectivity index is 1.96. The fourth-order valence-corrected chi connectivity index (χ4v) is 3.01. The number of nitrogens with zero attached hydrogens (tertiary/aromatic N) is 2. The molecule has 0 aliphatic rings. The van der Waals surface area contributed by atoms with E-state index in [1.807, 2.05) is 18.2 Å². The number of benzene rings is 2. The number of aliphatic imine (C=N–C) groups is 1. The van der Waals surface area contributed by atoms with Gasteiger partial charge in [0.05, 0.1) is 25.7 Å². The van der Waals surface area contributed by atoms with E-state index in [4.69, 9.17) is 9.47 Å². The molecule has 2 aromatic carbocycles. The number of nitrogens with one attached hydrogen (secondary N) is 2. The maximum absolute atomic E-state index is 10.8. The minimum atomic E-state index is -0.405. The largest absolute Gasteiger partial charge is 0.493 e. The van der Waals surface area contributed by atoms with Crippen molar-refractivity contribution in [3.05, 3.63) is 63.7 Å².